The van der Waals surface area contributed by atoms with Crippen LogP contribution in [-0.4, -0.2) is 28.1 Å². The van der Waals surface area contributed by atoms with Gasteiger partial charge in [-0.25, -0.2) is 9.78 Å². The molecule has 0 spiro atoms. The number of nitrogens with zero attached hydrogens (tertiary/aromatic N) is 1. The van der Waals surface area contributed by atoms with Crippen LogP contribution in [0.4, 0.5) is 18.2 Å². The third kappa shape index (κ3) is 7.32. The van der Waals surface area contributed by atoms with Gasteiger partial charge in [0.05, 0.1) is 11.1 Å². The number of alkyl halides is 3. The molecule has 192 valence electrons. The monoisotopic (exact) mass is 540 g/mol. The Morgan fingerprint density at radius 3 is 2.44 bits per heavy atom. The van der Waals surface area contributed by atoms with Crippen LogP contribution in [0.1, 0.15) is 53.8 Å². The average molecular weight is 541 g/mol. The van der Waals surface area contributed by atoms with E-state index in [1.54, 1.807) is 49.6 Å². The second-order valence-electron chi connectivity index (χ2n) is 7.18. The van der Waals surface area contributed by atoms with E-state index < -0.39 is 23.6 Å². The molecule has 0 saturated heterocycles. The van der Waals surface area contributed by atoms with E-state index in [4.69, 9.17) is 21.1 Å². The van der Waals surface area contributed by atoms with Gasteiger partial charge in [-0.3, -0.25) is 4.79 Å². The molecule has 3 aromatic rings. The molecular formula is C25H24ClF3N2O4S. The van der Waals surface area contributed by atoms with Crippen LogP contribution in [-0.2, 0) is 0 Å². The fourth-order valence-corrected chi connectivity index (χ4v) is 4.09. The molecule has 0 fully saturated rings. The number of benzene rings is 1. The number of carbonyl (C=O) groups excluding carboxylic acids is 1. The minimum atomic E-state index is -4.33. The zero-order chi connectivity index (χ0) is 27.0. The highest BCUT2D eigenvalue weighted by atomic mass is 35.5. The van der Waals surface area contributed by atoms with Gasteiger partial charge >= 0.3 is 18.1 Å². The van der Waals surface area contributed by atoms with E-state index in [0.717, 1.165) is 16.9 Å². The van der Waals surface area contributed by atoms with Gasteiger partial charge < -0.3 is 14.8 Å². The molecule has 1 amide bonds. The van der Waals surface area contributed by atoms with Crippen LogP contribution in [0.3, 0.4) is 0 Å². The van der Waals surface area contributed by atoms with Crippen molar-refractivity contribution in [2.24, 2.45) is 0 Å². The second kappa shape index (κ2) is 12.5. The van der Waals surface area contributed by atoms with Crippen molar-refractivity contribution in [3.63, 3.8) is 0 Å². The first-order valence-electron chi connectivity index (χ1n) is 10.8. The number of rotatable bonds is 3. The number of thiophene rings is 1. The molecule has 36 heavy (non-hydrogen) atoms. The van der Waals surface area contributed by atoms with Crippen LogP contribution in [0.25, 0.3) is 11.1 Å². The molecule has 11 heteroatoms. The summed E-state index contributed by atoms with van der Waals surface area (Å²) in [5.41, 5.74) is 1.87. The number of fused-ring (bicyclic) bond motifs is 1. The van der Waals surface area contributed by atoms with Crippen molar-refractivity contribution in [1.82, 2.24) is 4.98 Å². The first kappa shape index (κ1) is 28.9. The molecule has 1 aliphatic rings. The van der Waals surface area contributed by atoms with Gasteiger partial charge in [0.15, 0.2) is 5.58 Å². The van der Waals surface area contributed by atoms with Crippen molar-refractivity contribution < 1.29 is 32.3 Å². The number of carboxylic acids is 1. The number of halogens is 4. The Morgan fingerprint density at radius 1 is 1.17 bits per heavy atom. The standard InChI is InChI=1S/C14H10N2O4S.C9H8ClF3.C2H6/c1-7-6-21-13(10(7)14(18)19)16-11(17)12-15-8-4-2-3-5-9(8)20-12;1-6-2-4-7(9(11,12)13)8(10)5-3-6;1-2/h2-6H,1H3,(H,16,17)(H,18,19);2-3,5H,4H2,1H3;1-2H3. The molecule has 0 radical (unpaired) electrons. The molecule has 0 unspecified atom stereocenters. The Morgan fingerprint density at radius 2 is 1.83 bits per heavy atom. The summed E-state index contributed by atoms with van der Waals surface area (Å²) in [5, 5.41) is 13.4. The SMILES string of the molecule is CC.CC1=CCC(C(F)(F)F)=C(Cl)C=C1.Cc1csc(NC(=O)c2nc3ccccc3o2)c1C(=O)O. The van der Waals surface area contributed by atoms with Gasteiger partial charge in [-0.1, -0.05) is 55.3 Å². The number of aromatic carboxylic acids is 1. The van der Waals surface area contributed by atoms with Crippen LogP contribution in [0.15, 0.2) is 68.5 Å². The molecule has 4 rings (SSSR count). The average Bonchev–Trinajstić information content (AvgIpc) is 3.37. The Balaban J connectivity index is 0.000000262. The molecule has 0 aliphatic heterocycles. The van der Waals surface area contributed by atoms with E-state index in [2.05, 4.69) is 10.3 Å². The maximum Gasteiger partial charge on any atom is 0.414 e. The van der Waals surface area contributed by atoms with Crippen LogP contribution in [0.5, 0.6) is 0 Å². The lowest BCUT2D eigenvalue weighted by Gasteiger charge is -2.09. The highest BCUT2D eigenvalue weighted by Crippen LogP contribution is 2.34. The number of aryl methyl sites for hydroxylation is 1. The Bertz CT molecular complexity index is 1300. The number of oxazole rings is 1. The Labute approximate surface area is 214 Å². The maximum atomic E-state index is 12.3. The Hall–Kier alpha value is -3.37. The van der Waals surface area contributed by atoms with E-state index in [-0.39, 0.29) is 27.9 Å². The van der Waals surface area contributed by atoms with Crippen LogP contribution >= 0.6 is 22.9 Å². The summed E-state index contributed by atoms with van der Waals surface area (Å²) in [6, 6.07) is 7.00. The summed E-state index contributed by atoms with van der Waals surface area (Å²) in [7, 11) is 0. The summed E-state index contributed by atoms with van der Waals surface area (Å²) < 4.78 is 42.2. The van der Waals surface area contributed by atoms with E-state index >= 15 is 0 Å². The lowest BCUT2D eigenvalue weighted by molar-refractivity contribution is -0.0931. The quantitative estimate of drug-likeness (QED) is 0.350. The van der Waals surface area contributed by atoms with E-state index in [9.17, 15) is 22.8 Å². The van der Waals surface area contributed by atoms with E-state index in [1.807, 2.05) is 13.8 Å². The lowest BCUT2D eigenvalue weighted by Crippen LogP contribution is -2.13. The smallest absolute Gasteiger partial charge is 0.414 e. The summed E-state index contributed by atoms with van der Waals surface area (Å²) in [6.07, 6.45) is -0.122. The van der Waals surface area contributed by atoms with Crippen molar-refractivity contribution in [2.75, 3.05) is 5.32 Å². The number of aromatic nitrogens is 1. The third-order valence-electron chi connectivity index (χ3n) is 4.66. The molecule has 1 aliphatic carbocycles. The molecule has 2 N–H and O–H groups in total. The van der Waals surface area contributed by atoms with E-state index in [0.29, 0.717) is 16.7 Å². The fraction of sp³-hybridized carbons (Fsp3) is 0.240. The van der Waals surface area contributed by atoms with Crippen LogP contribution < -0.4 is 5.32 Å². The van der Waals surface area contributed by atoms with Gasteiger partial charge in [0.25, 0.3) is 5.89 Å². The molecule has 6 nitrogen and oxygen atoms in total. The summed E-state index contributed by atoms with van der Waals surface area (Å²) in [6.45, 7) is 7.41. The number of nitrogens with one attached hydrogen (secondary N) is 1. The largest absolute Gasteiger partial charge is 0.478 e. The fourth-order valence-electron chi connectivity index (χ4n) is 2.91. The van der Waals surface area contributed by atoms with Crippen molar-refractivity contribution in [2.45, 2.75) is 40.3 Å². The zero-order valence-electron chi connectivity index (χ0n) is 19.9. The molecule has 2 heterocycles. The number of anilines is 1. The summed E-state index contributed by atoms with van der Waals surface area (Å²) in [5.74, 6) is -1.75. The molecule has 0 bridgehead atoms. The van der Waals surface area contributed by atoms with Crippen molar-refractivity contribution in [1.29, 1.82) is 0 Å². The zero-order valence-corrected chi connectivity index (χ0v) is 21.4. The van der Waals surface area contributed by atoms with Gasteiger partial charge in [-0.15, -0.1) is 11.3 Å². The summed E-state index contributed by atoms with van der Waals surface area (Å²) >= 11 is 6.63. The van der Waals surface area contributed by atoms with E-state index in [1.165, 1.54) is 12.2 Å². The number of hydrogen-bond donors (Lipinski definition) is 2. The predicted molar refractivity (Wildman–Crippen MR) is 136 cm³/mol. The molecule has 0 saturated carbocycles. The van der Waals surface area contributed by atoms with Gasteiger partial charge in [-0.2, -0.15) is 13.2 Å². The number of para-hydroxylation sites is 2. The maximum absolute atomic E-state index is 12.3. The van der Waals surface area contributed by atoms with Crippen molar-refractivity contribution in [3.8, 4) is 0 Å². The van der Waals surface area contributed by atoms with Crippen molar-refractivity contribution >= 4 is 50.9 Å². The highest BCUT2D eigenvalue weighted by Gasteiger charge is 2.35. The normalized spacial score (nSPS) is 13.2. The minimum Gasteiger partial charge on any atom is -0.478 e. The number of allylic oxidation sites excluding steroid dienone is 6. The summed E-state index contributed by atoms with van der Waals surface area (Å²) in [4.78, 5) is 27.4. The molecule has 1 aromatic carbocycles. The first-order valence-corrected chi connectivity index (χ1v) is 12.0. The molecule has 0 atom stereocenters. The van der Waals surface area contributed by atoms with Crippen LogP contribution in [0, 0.1) is 6.92 Å². The number of carbonyl (C=O) groups is 2. The topological polar surface area (TPSA) is 92.4 Å². The number of amides is 1. The predicted octanol–water partition coefficient (Wildman–Crippen LogP) is 8.12. The molecule has 2 aromatic heterocycles. The number of hydrogen-bond acceptors (Lipinski definition) is 5. The van der Waals surface area contributed by atoms with Crippen LogP contribution in [0.2, 0.25) is 0 Å². The first-order chi connectivity index (χ1) is 17.0. The van der Waals surface area contributed by atoms with Gasteiger partial charge in [0, 0.05) is 5.03 Å². The number of carboxylic acid groups (broad SMARTS) is 1. The van der Waals surface area contributed by atoms with Crippen molar-refractivity contribution in [3.05, 3.63) is 81.1 Å². The lowest BCUT2D eigenvalue weighted by atomic mass is 10.1. The highest BCUT2D eigenvalue weighted by molar-refractivity contribution is 7.15. The molecular weight excluding hydrogens is 517 g/mol. The minimum absolute atomic E-state index is 0.0875. The van der Waals surface area contributed by atoms with Gasteiger partial charge in [0.1, 0.15) is 10.5 Å². The Kier molecular flexibility index (Phi) is 10.1. The van der Waals surface area contributed by atoms with Gasteiger partial charge in [0.2, 0.25) is 0 Å². The third-order valence-corrected chi connectivity index (χ3v) is 6.02. The van der Waals surface area contributed by atoms with Gasteiger partial charge in [-0.05, 0) is 49.4 Å². The second-order valence-corrected chi connectivity index (χ2v) is 8.47.